The lowest BCUT2D eigenvalue weighted by Gasteiger charge is -2.09. The van der Waals surface area contributed by atoms with E-state index in [4.69, 9.17) is 9.15 Å². The SMILES string of the molecule is COC(=O)CNC(=O)COc1cc(O)c2c(=O)cc(-c3ccccc3)oc2c1. The van der Waals surface area contributed by atoms with E-state index < -0.39 is 23.9 Å². The van der Waals surface area contributed by atoms with Crippen LogP contribution in [0.1, 0.15) is 0 Å². The summed E-state index contributed by atoms with van der Waals surface area (Å²) in [5, 5.41) is 12.5. The molecule has 8 nitrogen and oxygen atoms in total. The zero-order chi connectivity index (χ0) is 20.1. The van der Waals surface area contributed by atoms with Crippen LogP contribution in [0.2, 0.25) is 0 Å². The number of nitrogens with one attached hydrogen (secondary N) is 1. The van der Waals surface area contributed by atoms with Crippen molar-refractivity contribution in [1.82, 2.24) is 5.32 Å². The average Bonchev–Trinajstić information content (AvgIpc) is 2.70. The minimum atomic E-state index is -0.591. The van der Waals surface area contributed by atoms with E-state index in [1.807, 2.05) is 18.2 Å². The molecule has 0 saturated heterocycles. The fraction of sp³-hybridized carbons (Fsp3) is 0.150. The second-order valence-corrected chi connectivity index (χ2v) is 5.80. The van der Waals surface area contributed by atoms with Gasteiger partial charge in [0, 0.05) is 23.8 Å². The molecular weight excluding hydrogens is 366 g/mol. The average molecular weight is 383 g/mol. The molecule has 0 aliphatic heterocycles. The molecule has 1 aromatic heterocycles. The van der Waals surface area contributed by atoms with Gasteiger partial charge in [0.1, 0.15) is 34.8 Å². The van der Waals surface area contributed by atoms with Gasteiger partial charge in [0.05, 0.1) is 7.11 Å². The second-order valence-electron chi connectivity index (χ2n) is 5.80. The van der Waals surface area contributed by atoms with Crippen molar-refractivity contribution in [2.75, 3.05) is 20.3 Å². The highest BCUT2D eigenvalue weighted by molar-refractivity contribution is 5.86. The number of carbonyl (C=O) groups is 2. The number of phenolic OH excluding ortho intramolecular Hbond substituents is 1. The van der Waals surface area contributed by atoms with E-state index in [1.165, 1.54) is 25.3 Å². The van der Waals surface area contributed by atoms with Crippen LogP contribution in [0.25, 0.3) is 22.3 Å². The molecule has 8 heteroatoms. The third-order valence-corrected chi connectivity index (χ3v) is 3.87. The predicted octanol–water partition coefficient (Wildman–Crippen LogP) is 1.83. The first-order valence-electron chi connectivity index (χ1n) is 8.30. The molecule has 0 saturated carbocycles. The summed E-state index contributed by atoms with van der Waals surface area (Å²) in [6.45, 7) is -0.679. The molecule has 28 heavy (non-hydrogen) atoms. The summed E-state index contributed by atoms with van der Waals surface area (Å²) in [6.07, 6.45) is 0. The Kier molecular flexibility index (Phi) is 5.59. The van der Waals surface area contributed by atoms with Crippen LogP contribution in [0, 0.1) is 0 Å². The van der Waals surface area contributed by atoms with E-state index in [9.17, 15) is 19.5 Å². The van der Waals surface area contributed by atoms with Crippen molar-refractivity contribution in [3.05, 3.63) is 58.8 Å². The maximum atomic E-state index is 12.4. The van der Waals surface area contributed by atoms with Gasteiger partial charge in [-0.15, -0.1) is 0 Å². The Morgan fingerprint density at radius 2 is 1.89 bits per heavy atom. The van der Waals surface area contributed by atoms with E-state index in [2.05, 4.69) is 10.1 Å². The predicted molar refractivity (Wildman–Crippen MR) is 100 cm³/mol. The Bertz CT molecular complexity index is 1070. The maximum absolute atomic E-state index is 12.4. The molecule has 3 aromatic rings. The number of phenols is 1. The van der Waals surface area contributed by atoms with Gasteiger partial charge in [-0.2, -0.15) is 0 Å². The first-order valence-corrected chi connectivity index (χ1v) is 8.30. The first kappa shape index (κ1) is 19.0. The fourth-order valence-electron chi connectivity index (χ4n) is 2.51. The number of hydrogen-bond donors (Lipinski definition) is 2. The maximum Gasteiger partial charge on any atom is 0.325 e. The highest BCUT2D eigenvalue weighted by Crippen LogP contribution is 2.31. The second kappa shape index (κ2) is 8.26. The third-order valence-electron chi connectivity index (χ3n) is 3.87. The molecule has 144 valence electrons. The number of carbonyl (C=O) groups excluding carboxylic acids is 2. The van der Waals surface area contributed by atoms with Gasteiger partial charge in [0.15, 0.2) is 12.0 Å². The summed E-state index contributed by atoms with van der Waals surface area (Å²) in [4.78, 5) is 35.1. The molecule has 0 aliphatic carbocycles. The lowest BCUT2D eigenvalue weighted by atomic mass is 10.1. The van der Waals surface area contributed by atoms with Crippen LogP contribution in [0.4, 0.5) is 0 Å². The number of benzene rings is 2. The van der Waals surface area contributed by atoms with Crippen LogP contribution >= 0.6 is 0 Å². The molecule has 2 N–H and O–H groups in total. The Labute approximate surface area is 159 Å². The van der Waals surface area contributed by atoms with Crippen molar-refractivity contribution >= 4 is 22.8 Å². The van der Waals surface area contributed by atoms with Crippen LogP contribution in [-0.2, 0) is 14.3 Å². The Morgan fingerprint density at radius 1 is 1.14 bits per heavy atom. The zero-order valence-corrected chi connectivity index (χ0v) is 14.9. The van der Waals surface area contributed by atoms with Gasteiger partial charge >= 0.3 is 5.97 Å². The van der Waals surface area contributed by atoms with Crippen molar-refractivity contribution in [3.63, 3.8) is 0 Å². The number of ether oxygens (including phenoxy) is 2. The summed E-state index contributed by atoms with van der Waals surface area (Å²) >= 11 is 0. The fourth-order valence-corrected chi connectivity index (χ4v) is 2.51. The Hall–Kier alpha value is -3.81. The smallest absolute Gasteiger partial charge is 0.325 e. The number of rotatable bonds is 6. The van der Waals surface area contributed by atoms with Gasteiger partial charge in [-0.3, -0.25) is 14.4 Å². The van der Waals surface area contributed by atoms with Crippen LogP contribution in [0.5, 0.6) is 11.5 Å². The number of amides is 1. The molecule has 0 spiro atoms. The molecule has 1 heterocycles. The number of hydrogen-bond acceptors (Lipinski definition) is 7. The molecule has 3 rings (SSSR count). The number of methoxy groups -OCH3 is 1. The summed E-state index contributed by atoms with van der Waals surface area (Å²) < 4.78 is 15.5. The number of aromatic hydroxyl groups is 1. The van der Waals surface area contributed by atoms with Crippen molar-refractivity contribution in [3.8, 4) is 22.8 Å². The summed E-state index contributed by atoms with van der Waals surface area (Å²) in [5.41, 5.74) is 0.422. The first-order chi connectivity index (χ1) is 13.5. The lowest BCUT2D eigenvalue weighted by molar-refractivity contribution is -0.141. The third kappa shape index (κ3) is 4.29. The zero-order valence-electron chi connectivity index (χ0n) is 14.9. The molecule has 0 radical (unpaired) electrons. The van der Waals surface area contributed by atoms with Crippen LogP contribution in [0.15, 0.2) is 57.7 Å². The summed E-state index contributed by atoms with van der Waals surface area (Å²) in [7, 11) is 1.21. The normalized spacial score (nSPS) is 10.5. The van der Waals surface area contributed by atoms with Gasteiger partial charge in [0.2, 0.25) is 0 Å². The molecule has 0 bridgehead atoms. The van der Waals surface area contributed by atoms with Crippen LogP contribution < -0.4 is 15.5 Å². The van der Waals surface area contributed by atoms with Crippen LogP contribution in [0.3, 0.4) is 0 Å². The Morgan fingerprint density at radius 3 is 2.61 bits per heavy atom. The quantitative estimate of drug-likeness (QED) is 0.624. The number of fused-ring (bicyclic) bond motifs is 1. The van der Waals surface area contributed by atoms with E-state index in [-0.39, 0.29) is 29.0 Å². The van der Waals surface area contributed by atoms with Crippen molar-refractivity contribution in [1.29, 1.82) is 0 Å². The van der Waals surface area contributed by atoms with Gasteiger partial charge in [-0.25, -0.2) is 0 Å². The molecular formula is C20H17NO7. The molecule has 0 fully saturated rings. The molecule has 1 amide bonds. The minimum Gasteiger partial charge on any atom is -0.507 e. The monoisotopic (exact) mass is 383 g/mol. The van der Waals surface area contributed by atoms with Gasteiger partial charge in [-0.1, -0.05) is 30.3 Å². The van der Waals surface area contributed by atoms with Gasteiger partial charge in [0.25, 0.3) is 5.91 Å². The summed E-state index contributed by atoms with van der Waals surface area (Å²) in [6, 6.07) is 13.0. The summed E-state index contributed by atoms with van der Waals surface area (Å²) in [5.74, 6) is -0.996. The van der Waals surface area contributed by atoms with E-state index >= 15 is 0 Å². The van der Waals surface area contributed by atoms with Crippen molar-refractivity contribution in [2.24, 2.45) is 0 Å². The van der Waals surface area contributed by atoms with E-state index in [0.29, 0.717) is 11.3 Å². The molecule has 0 unspecified atom stereocenters. The molecule has 0 atom stereocenters. The van der Waals surface area contributed by atoms with Gasteiger partial charge in [-0.05, 0) is 0 Å². The minimum absolute atomic E-state index is 0.0159. The van der Waals surface area contributed by atoms with Crippen molar-refractivity contribution < 1.29 is 28.6 Å². The van der Waals surface area contributed by atoms with E-state index in [0.717, 1.165) is 0 Å². The lowest BCUT2D eigenvalue weighted by Crippen LogP contribution is -2.33. The van der Waals surface area contributed by atoms with Crippen LogP contribution in [-0.4, -0.2) is 37.2 Å². The van der Waals surface area contributed by atoms with Crippen molar-refractivity contribution in [2.45, 2.75) is 0 Å². The number of esters is 1. The molecule has 0 aliphatic rings. The topological polar surface area (TPSA) is 115 Å². The van der Waals surface area contributed by atoms with Gasteiger partial charge < -0.3 is 24.3 Å². The Balaban J connectivity index is 1.84. The highest BCUT2D eigenvalue weighted by atomic mass is 16.5. The van der Waals surface area contributed by atoms with E-state index in [1.54, 1.807) is 12.1 Å². The largest absolute Gasteiger partial charge is 0.507 e. The standard InChI is InChI=1S/C20H17NO7/c1-26-19(25)10-21-18(24)11-27-13-7-14(22)20-15(23)9-16(28-17(20)8-13)12-5-3-2-4-6-12/h2-9,22H,10-11H2,1H3,(H,21,24). The molecule has 2 aromatic carbocycles. The highest BCUT2D eigenvalue weighted by Gasteiger charge is 2.14.